The molecular formula is C30H30N6O7. The number of oxazole rings is 1. The fourth-order valence-corrected chi connectivity index (χ4v) is 4.34. The third-order valence-corrected chi connectivity index (χ3v) is 6.37. The highest BCUT2D eigenvalue weighted by Crippen LogP contribution is 2.31. The molecule has 0 saturated heterocycles. The van der Waals surface area contributed by atoms with Gasteiger partial charge < -0.3 is 35.7 Å². The molecule has 222 valence electrons. The van der Waals surface area contributed by atoms with Gasteiger partial charge in [0.15, 0.2) is 6.26 Å². The number of methoxy groups -OCH3 is 1. The van der Waals surface area contributed by atoms with Crippen molar-refractivity contribution < 1.29 is 33.8 Å². The summed E-state index contributed by atoms with van der Waals surface area (Å²) in [6.07, 6.45) is 1.51. The number of nitrogens with zero attached hydrogens (tertiary/aromatic N) is 2. The maximum absolute atomic E-state index is 13.4. The summed E-state index contributed by atoms with van der Waals surface area (Å²) < 4.78 is 10.5. The van der Waals surface area contributed by atoms with E-state index in [4.69, 9.17) is 20.3 Å². The number of anilines is 1. The number of ether oxygens (including phenoxy) is 1. The molecule has 2 aromatic heterocycles. The van der Waals surface area contributed by atoms with E-state index < -0.39 is 23.8 Å². The van der Waals surface area contributed by atoms with Crippen LogP contribution in [0.1, 0.15) is 69.0 Å². The van der Waals surface area contributed by atoms with E-state index in [1.165, 1.54) is 37.4 Å². The Labute approximate surface area is 246 Å². The highest BCUT2D eigenvalue weighted by molar-refractivity contribution is 6.10. The zero-order valence-corrected chi connectivity index (χ0v) is 23.5. The van der Waals surface area contributed by atoms with Crippen LogP contribution in [-0.2, 0) is 0 Å². The van der Waals surface area contributed by atoms with Gasteiger partial charge in [0, 0.05) is 28.4 Å². The van der Waals surface area contributed by atoms with E-state index in [9.17, 15) is 24.6 Å². The molecule has 0 saturated carbocycles. The molecule has 4 aromatic rings. The minimum atomic E-state index is -1.33. The number of carbonyl (C=O) groups is 3. The lowest BCUT2D eigenvalue weighted by Gasteiger charge is -2.18. The minimum absolute atomic E-state index is 0.0451. The second-order valence-electron chi connectivity index (χ2n) is 9.96. The second kappa shape index (κ2) is 12.9. The number of pyridine rings is 1. The summed E-state index contributed by atoms with van der Waals surface area (Å²) in [6.45, 7) is 3.88. The summed E-state index contributed by atoms with van der Waals surface area (Å²) in [5, 5.41) is 32.7. The average molecular weight is 587 g/mol. The van der Waals surface area contributed by atoms with Gasteiger partial charge in [-0.05, 0) is 60.4 Å². The van der Waals surface area contributed by atoms with E-state index in [1.54, 1.807) is 24.3 Å². The first-order valence-electron chi connectivity index (χ1n) is 13.1. The maximum atomic E-state index is 13.4. The summed E-state index contributed by atoms with van der Waals surface area (Å²) in [4.78, 5) is 47.1. The number of hydrogen-bond donors (Lipinski definition) is 6. The molecule has 0 aliphatic heterocycles. The summed E-state index contributed by atoms with van der Waals surface area (Å²) in [7, 11) is 1.38. The van der Waals surface area contributed by atoms with Crippen LogP contribution in [0.3, 0.4) is 0 Å². The number of nitrogens with one attached hydrogen (secondary N) is 3. The Bertz CT molecular complexity index is 1680. The van der Waals surface area contributed by atoms with Crippen molar-refractivity contribution >= 4 is 29.3 Å². The van der Waals surface area contributed by atoms with Crippen LogP contribution in [0.2, 0.25) is 0 Å². The van der Waals surface area contributed by atoms with Gasteiger partial charge >= 0.3 is 5.97 Å². The number of rotatable bonds is 11. The Kier molecular flexibility index (Phi) is 9.04. The fraction of sp³-hybridized carbons (Fsp3) is 0.200. The number of amides is 2. The molecule has 1 atom stereocenters. The zero-order chi connectivity index (χ0) is 31.3. The number of benzene rings is 2. The lowest BCUT2D eigenvalue weighted by Crippen LogP contribution is -2.30. The largest absolute Gasteiger partial charge is 0.491 e. The number of nitrogens with two attached hydrogens (primary N) is 1. The molecule has 0 fully saturated rings. The van der Waals surface area contributed by atoms with E-state index in [-0.39, 0.29) is 57.4 Å². The van der Waals surface area contributed by atoms with Crippen molar-refractivity contribution in [2.75, 3.05) is 12.4 Å². The molecule has 0 radical (unpaired) electrons. The second-order valence-corrected chi connectivity index (χ2v) is 9.96. The quantitative estimate of drug-likeness (QED) is 0.109. The van der Waals surface area contributed by atoms with E-state index in [2.05, 4.69) is 20.6 Å². The van der Waals surface area contributed by atoms with Crippen LogP contribution < -0.4 is 21.1 Å². The van der Waals surface area contributed by atoms with Crippen molar-refractivity contribution in [1.82, 2.24) is 15.3 Å². The zero-order valence-electron chi connectivity index (χ0n) is 23.5. The number of aromatic nitrogens is 2. The highest BCUT2D eigenvalue weighted by atomic mass is 16.5. The van der Waals surface area contributed by atoms with Crippen LogP contribution in [0.4, 0.5) is 5.69 Å². The molecule has 0 spiro atoms. The maximum Gasteiger partial charge on any atom is 0.336 e. The van der Waals surface area contributed by atoms with Gasteiger partial charge in [0.2, 0.25) is 11.8 Å². The number of carboxylic acids is 1. The Morgan fingerprint density at radius 1 is 1.00 bits per heavy atom. The monoisotopic (exact) mass is 586 g/mol. The minimum Gasteiger partial charge on any atom is -0.491 e. The Balaban J connectivity index is 1.68. The van der Waals surface area contributed by atoms with Gasteiger partial charge in [0.25, 0.3) is 17.7 Å². The topological polar surface area (TPSA) is 214 Å². The number of aromatic hydroxyl groups is 1. The van der Waals surface area contributed by atoms with Crippen LogP contribution in [-0.4, -0.2) is 50.9 Å². The summed E-state index contributed by atoms with van der Waals surface area (Å²) >= 11 is 0. The summed E-state index contributed by atoms with van der Waals surface area (Å²) in [5.74, 6) is -2.63. The smallest absolute Gasteiger partial charge is 0.336 e. The first-order chi connectivity index (χ1) is 20.5. The van der Waals surface area contributed by atoms with Gasteiger partial charge in [0.1, 0.15) is 17.6 Å². The molecule has 0 aliphatic rings. The van der Waals surface area contributed by atoms with Crippen LogP contribution >= 0.6 is 0 Å². The normalized spacial score (nSPS) is 11.5. The standard InChI is InChI=1S/C30H30N6O7/c1-15(2)12-22(29-35-23(37)14-43-29)34-27(38)17-6-9-19(21(13-17)30(40)41)20-10-11-24(42-3)36-25(20)28(39)33-18-7-4-16(5-8-18)26(31)32/h4-11,13-15,22,37H,12H2,1-3H3,(H3,31,32)(H,33,39)(H,34,38)(H,40,41)/t22-/m0/s1. The van der Waals surface area contributed by atoms with Crippen molar-refractivity contribution in [2.45, 2.75) is 26.3 Å². The van der Waals surface area contributed by atoms with Crippen molar-refractivity contribution in [3.05, 3.63) is 89.1 Å². The molecule has 2 heterocycles. The predicted molar refractivity (Wildman–Crippen MR) is 156 cm³/mol. The Morgan fingerprint density at radius 3 is 2.26 bits per heavy atom. The van der Waals surface area contributed by atoms with Gasteiger partial charge in [-0.2, -0.15) is 4.98 Å². The first kappa shape index (κ1) is 30.2. The number of carboxylic acid groups (broad SMARTS) is 1. The van der Waals surface area contributed by atoms with Gasteiger partial charge in [0.05, 0.1) is 12.7 Å². The Morgan fingerprint density at radius 2 is 1.67 bits per heavy atom. The summed E-state index contributed by atoms with van der Waals surface area (Å²) in [6, 6.07) is 12.7. The van der Waals surface area contributed by atoms with Gasteiger partial charge in [-0.15, -0.1) is 0 Å². The molecule has 0 aliphatic carbocycles. The van der Waals surface area contributed by atoms with Crippen LogP contribution in [0, 0.1) is 11.3 Å². The predicted octanol–water partition coefficient (Wildman–Crippen LogP) is 4.20. The van der Waals surface area contributed by atoms with Gasteiger partial charge in [-0.3, -0.25) is 15.0 Å². The molecule has 4 rings (SSSR count). The SMILES string of the molecule is COc1ccc(-c2ccc(C(=O)N[C@@H](CC(C)C)c3nc(O)co3)cc2C(=O)O)c(C(=O)Nc2ccc(C(=N)N)cc2)n1. The molecule has 7 N–H and O–H groups in total. The van der Waals surface area contributed by atoms with Crippen molar-refractivity contribution in [2.24, 2.45) is 11.7 Å². The third-order valence-electron chi connectivity index (χ3n) is 6.37. The van der Waals surface area contributed by atoms with Crippen LogP contribution in [0.15, 0.2) is 65.3 Å². The number of amidine groups is 1. The molecule has 2 amide bonds. The molecule has 43 heavy (non-hydrogen) atoms. The molecule has 0 unspecified atom stereocenters. The number of nitrogen functional groups attached to an aromatic ring is 1. The summed E-state index contributed by atoms with van der Waals surface area (Å²) in [5.41, 5.74) is 6.39. The van der Waals surface area contributed by atoms with E-state index in [1.807, 2.05) is 13.8 Å². The van der Waals surface area contributed by atoms with E-state index in [0.717, 1.165) is 6.26 Å². The average Bonchev–Trinajstić information content (AvgIpc) is 3.42. The molecule has 0 bridgehead atoms. The van der Waals surface area contributed by atoms with Gasteiger partial charge in [-0.1, -0.05) is 19.9 Å². The third kappa shape index (κ3) is 7.14. The van der Waals surface area contributed by atoms with E-state index in [0.29, 0.717) is 17.7 Å². The number of aromatic carboxylic acids is 1. The van der Waals surface area contributed by atoms with E-state index >= 15 is 0 Å². The van der Waals surface area contributed by atoms with Crippen molar-refractivity contribution in [3.63, 3.8) is 0 Å². The lowest BCUT2D eigenvalue weighted by atomic mass is 9.95. The number of carbonyl (C=O) groups excluding carboxylic acids is 2. The Hall–Kier alpha value is -5.72. The molecule has 13 heteroatoms. The number of hydrogen-bond acceptors (Lipinski definition) is 9. The first-order valence-corrected chi connectivity index (χ1v) is 13.1. The molecular weight excluding hydrogens is 556 g/mol. The van der Waals surface area contributed by atoms with Crippen LogP contribution in [0.25, 0.3) is 11.1 Å². The molecule has 2 aromatic carbocycles. The highest BCUT2D eigenvalue weighted by Gasteiger charge is 2.25. The lowest BCUT2D eigenvalue weighted by molar-refractivity contribution is 0.0697. The van der Waals surface area contributed by atoms with Crippen molar-refractivity contribution in [1.29, 1.82) is 5.41 Å². The van der Waals surface area contributed by atoms with Crippen molar-refractivity contribution in [3.8, 4) is 22.9 Å². The fourth-order valence-electron chi connectivity index (χ4n) is 4.34. The van der Waals surface area contributed by atoms with Gasteiger partial charge in [-0.25, -0.2) is 9.78 Å². The van der Waals surface area contributed by atoms with Crippen LogP contribution in [0.5, 0.6) is 11.8 Å². The molecule has 13 nitrogen and oxygen atoms in total.